The Bertz CT molecular complexity index is 888. The Hall–Kier alpha value is -1.87. The Morgan fingerprint density at radius 2 is 1.77 bits per heavy atom. The molecule has 3 rings (SSSR count). The number of rotatable bonds is 8. The zero-order chi connectivity index (χ0) is 20.9. The number of methoxy groups -OCH3 is 3. The van der Waals surface area contributed by atoms with Crippen LogP contribution >= 0.6 is 35.6 Å². The van der Waals surface area contributed by atoms with Gasteiger partial charge in [-0.1, -0.05) is 23.7 Å². The van der Waals surface area contributed by atoms with E-state index in [4.69, 9.17) is 25.8 Å². The van der Waals surface area contributed by atoms with Gasteiger partial charge in [-0.25, -0.2) is 0 Å². The molecule has 1 aliphatic rings. The van der Waals surface area contributed by atoms with E-state index >= 15 is 0 Å². The van der Waals surface area contributed by atoms with E-state index in [0.717, 1.165) is 35.9 Å². The highest BCUT2D eigenvalue weighted by atomic mass is 127. The van der Waals surface area contributed by atoms with Crippen molar-refractivity contribution in [2.75, 3.05) is 34.9 Å². The molecule has 0 radical (unpaired) electrons. The van der Waals surface area contributed by atoms with Crippen molar-refractivity contribution < 1.29 is 14.2 Å². The summed E-state index contributed by atoms with van der Waals surface area (Å²) in [5.74, 6) is 2.59. The third-order valence-electron chi connectivity index (χ3n) is 5.34. The van der Waals surface area contributed by atoms with Crippen molar-refractivity contribution in [3.63, 3.8) is 0 Å². The number of hydrogen-bond acceptors (Lipinski definition) is 4. The molecule has 0 bridgehead atoms. The number of aliphatic imine (C=N–C) groups is 1. The minimum Gasteiger partial charge on any atom is -0.493 e. The van der Waals surface area contributed by atoms with Crippen LogP contribution in [0.5, 0.6) is 17.2 Å². The van der Waals surface area contributed by atoms with E-state index in [0.29, 0.717) is 23.8 Å². The van der Waals surface area contributed by atoms with Gasteiger partial charge in [-0.2, -0.15) is 0 Å². The predicted molar refractivity (Wildman–Crippen MR) is 132 cm³/mol. The summed E-state index contributed by atoms with van der Waals surface area (Å²) in [5.41, 5.74) is 2.35. The van der Waals surface area contributed by atoms with Gasteiger partial charge in [-0.3, -0.25) is 4.99 Å². The van der Waals surface area contributed by atoms with E-state index in [1.54, 1.807) is 28.4 Å². The number of ether oxygens (including phenoxy) is 3. The van der Waals surface area contributed by atoms with Gasteiger partial charge in [0.2, 0.25) is 5.75 Å². The van der Waals surface area contributed by atoms with Crippen LogP contribution in [-0.4, -0.2) is 40.9 Å². The first kappa shape index (κ1) is 24.4. The molecule has 6 nitrogen and oxygen atoms in total. The van der Waals surface area contributed by atoms with Crippen LogP contribution in [0, 0.1) is 0 Å². The lowest BCUT2D eigenvalue weighted by Gasteiger charge is -2.20. The van der Waals surface area contributed by atoms with Crippen LogP contribution in [0.15, 0.2) is 41.4 Å². The van der Waals surface area contributed by atoms with Crippen LogP contribution < -0.4 is 24.8 Å². The van der Waals surface area contributed by atoms with Gasteiger partial charge in [-0.15, -0.1) is 24.0 Å². The van der Waals surface area contributed by atoms with Crippen LogP contribution in [-0.2, 0) is 12.0 Å². The second-order valence-corrected chi connectivity index (χ2v) is 7.50. The van der Waals surface area contributed by atoms with Gasteiger partial charge in [-0.05, 0) is 42.7 Å². The lowest BCUT2D eigenvalue weighted by atomic mass is 9.96. The molecule has 1 aliphatic carbocycles. The molecular formula is C22H29ClIN3O3. The number of halogens is 2. The highest BCUT2D eigenvalue weighted by Crippen LogP contribution is 2.48. The van der Waals surface area contributed by atoms with Crippen molar-refractivity contribution in [3.8, 4) is 17.2 Å². The fourth-order valence-corrected chi connectivity index (χ4v) is 3.68. The van der Waals surface area contributed by atoms with Crippen LogP contribution in [0.25, 0.3) is 0 Å². The smallest absolute Gasteiger partial charge is 0.203 e. The fraction of sp³-hybridized carbons (Fsp3) is 0.409. The summed E-state index contributed by atoms with van der Waals surface area (Å²) in [6.07, 6.45) is 2.28. The van der Waals surface area contributed by atoms with Crippen LogP contribution in [0.2, 0.25) is 5.02 Å². The maximum Gasteiger partial charge on any atom is 0.203 e. The zero-order valence-electron chi connectivity index (χ0n) is 17.8. The molecule has 1 saturated carbocycles. The van der Waals surface area contributed by atoms with E-state index in [1.807, 2.05) is 24.3 Å². The lowest BCUT2D eigenvalue weighted by molar-refractivity contribution is 0.322. The molecule has 1 fully saturated rings. The molecule has 2 aromatic rings. The standard InChI is InChI=1S/C22H28ClN3O3.HI/c1-24-21(26-14-22(10-11-22)16-6-5-7-17(23)12-16)25-13-15-8-9-18(27-2)20(29-4)19(15)28-3;/h5-9,12H,10-11,13-14H2,1-4H3,(H2,24,25,26);1H. The first-order chi connectivity index (χ1) is 14.1. The Kier molecular flexibility index (Phi) is 8.91. The summed E-state index contributed by atoms with van der Waals surface area (Å²) >= 11 is 6.17. The van der Waals surface area contributed by atoms with Crippen LogP contribution in [0.1, 0.15) is 24.0 Å². The number of nitrogens with zero attached hydrogens (tertiary/aromatic N) is 1. The van der Waals surface area contributed by atoms with E-state index in [1.165, 1.54) is 5.56 Å². The number of benzene rings is 2. The van der Waals surface area contributed by atoms with Crippen LogP contribution in [0.4, 0.5) is 0 Å². The molecule has 2 aromatic carbocycles. The molecule has 30 heavy (non-hydrogen) atoms. The highest BCUT2D eigenvalue weighted by Gasteiger charge is 2.44. The molecule has 0 heterocycles. The molecule has 0 saturated heterocycles. The summed E-state index contributed by atoms with van der Waals surface area (Å²) in [5, 5.41) is 7.57. The normalized spacial score (nSPS) is 14.4. The summed E-state index contributed by atoms with van der Waals surface area (Å²) in [6, 6.07) is 11.9. The molecule has 8 heteroatoms. The minimum atomic E-state index is 0. The van der Waals surface area contributed by atoms with Gasteiger partial charge >= 0.3 is 0 Å². The summed E-state index contributed by atoms with van der Waals surface area (Å²) in [6.45, 7) is 1.34. The predicted octanol–water partition coefficient (Wildman–Crippen LogP) is 4.38. The fourth-order valence-electron chi connectivity index (χ4n) is 3.49. The number of guanidine groups is 1. The molecule has 0 aromatic heterocycles. The van der Waals surface area contributed by atoms with Gasteiger partial charge in [0, 0.05) is 36.1 Å². The molecule has 0 aliphatic heterocycles. The van der Waals surface area contributed by atoms with Crippen molar-refractivity contribution >= 4 is 41.5 Å². The summed E-state index contributed by atoms with van der Waals surface area (Å²) < 4.78 is 16.4. The number of nitrogens with one attached hydrogen (secondary N) is 2. The average molecular weight is 546 g/mol. The zero-order valence-corrected chi connectivity index (χ0v) is 20.8. The van der Waals surface area contributed by atoms with Gasteiger partial charge in [0.05, 0.1) is 21.3 Å². The van der Waals surface area contributed by atoms with Gasteiger partial charge in [0.15, 0.2) is 17.5 Å². The molecule has 0 spiro atoms. The molecule has 2 N–H and O–H groups in total. The Morgan fingerprint density at radius 1 is 1.03 bits per heavy atom. The third-order valence-corrected chi connectivity index (χ3v) is 5.58. The second-order valence-electron chi connectivity index (χ2n) is 7.06. The van der Waals surface area contributed by atoms with E-state index in [-0.39, 0.29) is 29.4 Å². The molecule has 0 atom stereocenters. The molecule has 0 amide bonds. The quantitative estimate of drug-likeness (QED) is 0.293. The van der Waals surface area contributed by atoms with Crippen molar-refractivity contribution in [2.24, 2.45) is 4.99 Å². The Balaban J connectivity index is 0.00000320. The summed E-state index contributed by atoms with van der Waals surface area (Å²) in [4.78, 5) is 4.35. The first-order valence-electron chi connectivity index (χ1n) is 9.55. The maximum absolute atomic E-state index is 6.17. The van der Waals surface area contributed by atoms with Gasteiger partial charge < -0.3 is 24.8 Å². The van der Waals surface area contributed by atoms with Gasteiger partial charge in [0.1, 0.15) is 0 Å². The number of hydrogen-bond donors (Lipinski definition) is 2. The molecule has 0 unspecified atom stereocenters. The lowest BCUT2D eigenvalue weighted by Crippen LogP contribution is -2.41. The second kappa shape index (κ2) is 10.9. The minimum absolute atomic E-state index is 0. The van der Waals surface area contributed by atoms with E-state index in [2.05, 4.69) is 27.8 Å². The van der Waals surface area contributed by atoms with E-state index < -0.39 is 0 Å². The highest BCUT2D eigenvalue weighted by molar-refractivity contribution is 14.0. The average Bonchev–Trinajstić information content (AvgIpc) is 3.54. The van der Waals surface area contributed by atoms with Crippen LogP contribution in [0.3, 0.4) is 0 Å². The molecular weight excluding hydrogens is 517 g/mol. The van der Waals surface area contributed by atoms with Crippen molar-refractivity contribution in [3.05, 3.63) is 52.5 Å². The van der Waals surface area contributed by atoms with Gasteiger partial charge in [0.25, 0.3) is 0 Å². The molecule has 164 valence electrons. The topological polar surface area (TPSA) is 64.1 Å². The summed E-state index contributed by atoms with van der Waals surface area (Å²) in [7, 11) is 6.59. The Labute approximate surface area is 200 Å². The van der Waals surface area contributed by atoms with Crippen molar-refractivity contribution in [1.82, 2.24) is 10.6 Å². The van der Waals surface area contributed by atoms with Crippen molar-refractivity contribution in [2.45, 2.75) is 24.8 Å². The monoisotopic (exact) mass is 545 g/mol. The largest absolute Gasteiger partial charge is 0.493 e. The van der Waals surface area contributed by atoms with E-state index in [9.17, 15) is 0 Å². The first-order valence-corrected chi connectivity index (χ1v) is 9.93. The third kappa shape index (κ3) is 5.43. The van der Waals surface area contributed by atoms with Crippen molar-refractivity contribution in [1.29, 1.82) is 0 Å². The Morgan fingerprint density at radius 3 is 2.33 bits per heavy atom. The SMILES string of the molecule is CN=C(NCc1ccc(OC)c(OC)c1OC)NCC1(c2cccc(Cl)c2)CC1.I. The maximum atomic E-state index is 6.17.